The van der Waals surface area contributed by atoms with Gasteiger partial charge in [0.1, 0.15) is 12.0 Å². The maximum absolute atomic E-state index is 12.9. The van der Waals surface area contributed by atoms with Crippen molar-refractivity contribution in [1.29, 1.82) is 0 Å². The third-order valence-electron chi connectivity index (χ3n) is 5.89. The Hall–Kier alpha value is -3.94. The molecule has 0 bridgehead atoms. The topological polar surface area (TPSA) is 80.9 Å². The SMILES string of the molecule is Cc1ccc(CNC(=O)N2CCc3c(c(-c4nncn4-c4ccccc4)nn3C)C2)cc1. The van der Waals surface area contributed by atoms with Crippen molar-refractivity contribution in [2.24, 2.45) is 7.05 Å². The molecule has 5 rings (SSSR count). The van der Waals surface area contributed by atoms with Crippen LogP contribution in [0, 0.1) is 6.92 Å². The number of rotatable bonds is 4. The molecule has 0 spiro atoms. The molecule has 0 unspecified atom stereocenters. The van der Waals surface area contributed by atoms with Gasteiger partial charge in [-0.25, -0.2) is 4.79 Å². The van der Waals surface area contributed by atoms with E-state index in [1.54, 1.807) is 6.33 Å². The number of fused-ring (bicyclic) bond motifs is 1. The average Bonchev–Trinajstić information content (AvgIpc) is 3.43. The number of aromatic nitrogens is 5. The van der Waals surface area contributed by atoms with Crippen LogP contribution in [0.5, 0.6) is 0 Å². The Kier molecular flexibility index (Phi) is 5.18. The van der Waals surface area contributed by atoms with Gasteiger partial charge in [0.05, 0.1) is 6.54 Å². The summed E-state index contributed by atoms with van der Waals surface area (Å²) < 4.78 is 3.83. The summed E-state index contributed by atoms with van der Waals surface area (Å²) in [4.78, 5) is 14.7. The van der Waals surface area contributed by atoms with E-state index in [4.69, 9.17) is 5.10 Å². The Morgan fingerprint density at radius 3 is 2.66 bits per heavy atom. The molecule has 8 nitrogen and oxygen atoms in total. The Balaban J connectivity index is 1.38. The number of benzene rings is 2. The van der Waals surface area contributed by atoms with Crippen LogP contribution < -0.4 is 5.32 Å². The van der Waals surface area contributed by atoms with Crippen molar-refractivity contribution in [1.82, 2.24) is 34.8 Å². The van der Waals surface area contributed by atoms with Crippen LogP contribution in [0.25, 0.3) is 17.2 Å². The van der Waals surface area contributed by atoms with Gasteiger partial charge >= 0.3 is 6.03 Å². The van der Waals surface area contributed by atoms with Crippen LogP contribution in [0.15, 0.2) is 60.9 Å². The summed E-state index contributed by atoms with van der Waals surface area (Å²) in [6, 6.07) is 18.1. The van der Waals surface area contributed by atoms with Crippen molar-refractivity contribution >= 4 is 6.03 Å². The first-order chi connectivity index (χ1) is 15.6. The highest BCUT2D eigenvalue weighted by molar-refractivity contribution is 5.75. The second-order valence-electron chi connectivity index (χ2n) is 8.07. The first-order valence-electron chi connectivity index (χ1n) is 10.7. The minimum atomic E-state index is -0.0736. The lowest BCUT2D eigenvalue weighted by molar-refractivity contribution is 0.191. The zero-order chi connectivity index (χ0) is 22.1. The number of aryl methyl sites for hydroxylation is 2. The molecule has 1 N–H and O–H groups in total. The predicted octanol–water partition coefficient (Wildman–Crippen LogP) is 3.24. The molecule has 8 heteroatoms. The van der Waals surface area contributed by atoms with Crippen molar-refractivity contribution in [2.75, 3.05) is 6.54 Å². The van der Waals surface area contributed by atoms with Gasteiger partial charge in [-0.05, 0) is 24.6 Å². The highest BCUT2D eigenvalue weighted by Crippen LogP contribution is 2.29. The molecule has 0 radical (unpaired) electrons. The Morgan fingerprint density at radius 2 is 1.88 bits per heavy atom. The van der Waals surface area contributed by atoms with Gasteiger partial charge < -0.3 is 10.2 Å². The molecule has 0 saturated carbocycles. The number of urea groups is 1. The van der Waals surface area contributed by atoms with Gasteiger partial charge in [-0.15, -0.1) is 10.2 Å². The second-order valence-corrected chi connectivity index (χ2v) is 8.07. The Morgan fingerprint density at radius 1 is 1.09 bits per heavy atom. The van der Waals surface area contributed by atoms with Crippen molar-refractivity contribution in [3.8, 4) is 17.2 Å². The van der Waals surface area contributed by atoms with Gasteiger partial charge in [-0.2, -0.15) is 5.10 Å². The standard InChI is InChI=1S/C24H25N7O/c1-17-8-10-18(11-9-17)14-25-24(32)30-13-12-21-20(15-30)22(28-29(21)2)23-27-26-16-31(23)19-6-4-3-5-7-19/h3-11,16H,12-15H2,1-2H3,(H,25,32). The molecule has 4 aromatic rings. The molecule has 2 amide bonds. The average molecular weight is 428 g/mol. The van der Waals surface area contributed by atoms with E-state index < -0.39 is 0 Å². The van der Waals surface area contributed by atoms with Crippen LogP contribution in [0.4, 0.5) is 4.79 Å². The van der Waals surface area contributed by atoms with E-state index in [9.17, 15) is 4.79 Å². The van der Waals surface area contributed by atoms with Gasteiger partial charge in [0.25, 0.3) is 0 Å². The smallest absolute Gasteiger partial charge is 0.317 e. The molecular formula is C24H25N7O. The van der Waals surface area contributed by atoms with Gasteiger partial charge in [0.2, 0.25) is 0 Å². The van der Waals surface area contributed by atoms with Gasteiger partial charge in [0.15, 0.2) is 5.82 Å². The first-order valence-corrected chi connectivity index (χ1v) is 10.7. The normalized spacial score (nSPS) is 13.1. The molecule has 162 valence electrons. The van der Waals surface area contributed by atoms with Crippen LogP contribution >= 0.6 is 0 Å². The number of amides is 2. The number of nitrogens with zero attached hydrogens (tertiary/aromatic N) is 6. The molecular weight excluding hydrogens is 402 g/mol. The van der Waals surface area contributed by atoms with Crippen LogP contribution in [0.1, 0.15) is 22.4 Å². The van der Waals surface area contributed by atoms with E-state index in [0.717, 1.165) is 34.6 Å². The quantitative estimate of drug-likeness (QED) is 0.542. The lowest BCUT2D eigenvalue weighted by Gasteiger charge is -2.28. The van der Waals surface area contributed by atoms with E-state index in [0.29, 0.717) is 25.5 Å². The fourth-order valence-corrected chi connectivity index (χ4v) is 4.11. The number of carbonyl (C=O) groups is 1. The summed E-state index contributed by atoms with van der Waals surface area (Å²) in [5.41, 5.74) is 6.17. The van der Waals surface area contributed by atoms with Crippen LogP contribution in [0.3, 0.4) is 0 Å². The third kappa shape index (κ3) is 3.75. The largest absolute Gasteiger partial charge is 0.334 e. The summed E-state index contributed by atoms with van der Waals surface area (Å²) in [5.74, 6) is 0.676. The van der Waals surface area contributed by atoms with E-state index in [1.165, 1.54) is 5.56 Å². The van der Waals surface area contributed by atoms with Crippen LogP contribution in [-0.2, 0) is 26.6 Å². The predicted molar refractivity (Wildman–Crippen MR) is 121 cm³/mol. The zero-order valence-corrected chi connectivity index (χ0v) is 18.2. The van der Waals surface area contributed by atoms with Crippen molar-refractivity contribution in [3.05, 3.63) is 83.3 Å². The molecule has 1 aliphatic heterocycles. The minimum Gasteiger partial charge on any atom is -0.334 e. The minimum absolute atomic E-state index is 0.0736. The first kappa shape index (κ1) is 20.0. The van der Waals surface area contributed by atoms with E-state index in [2.05, 4.69) is 34.6 Å². The summed E-state index contributed by atoms with van der Waals surface area (Å²) >= 11 is 0. The maximum Gasteiger partial charge on any atom is 0.317 e. The van der Waals surface area contributed by atoms with Crippen molar-refractivity contribution in [3.63, 3.8) is 0 Å². The number of hydrogen-bond acceptors (Lipinski definition) is 4. The fourth-order valence-electron chi connectivity index (χ4n) is 4.11. The maximum atomic E-state index is 12.9. The summed E-state index contributed by atoms with van der Waals surface area (Å²) in [6.07, 6.45) is 2.44. The lowest BCUT2D eigenvalue weighted by Crippen LogP contribution is -2.42. The van der Waals surface area contributed by atoms with E-state index in [-0.39, 0.29) is 6.03 Å². The van der Waals surface area contributed by atoms with Crippen molar-refractivity contribution in [2.45, 2.75) is 26.4 Å². The fraction of sp³-hybridized carbons (Fsp3) is 0.250. The molecule has 0 atom stereocenters. The molecule has 2 aromatic carbocycles. The van der Waals surface area contributed by atoms with E-state index >= 15 is 0 Å². The highest BCUT2D eigenvalue weighted by Gasteiger charge is 2.29. The zero-order valence-electron chi connectivity index (χ0n) is 18.2. The second kappa shape index (κ2) is 8.30. The molecule has 3 heterocycles. The molecule has 0 aliphatic carbocycles. The number of nitrogens with one attached hydrogen (secondary N) is 1. The number of hydrogen-bond donors (Lipinski definition) is 1. The van der Waals surface area contributed by atoms with Gasteiger partial charge in [-0.3, -0.25) is 9.25 Å². The summed E-state index contributed by atoms with van der Waals surface area (Å²) in [6.45, 7) is 3.69. The molecule has 0 fully saturated rings. The Labute approximate surface area is 186 Å². The molecule has 32 heavy (non-hydrogen) atoms. The lowest BCUT2D eigenvalue weighted by atomic mass is 10.0. The third-order valence-corrected chi connectivity index (χ3v) is 5.89. The summed E-state index contributed by atoms with van der Waals surface area (Å²) in [5, 5.41) is 16.3. The number of para-hydroxylation sites is 1. The van der Waals surface area contributed by atoms with Crippen LogP contribution in [-0.4, -0.2) is 42.0 Å². The Bertz CT molecular complexity index is 1240. The molecule has 1 aliphatic rings. The van der Waals surface area contributed by atoms with Crippen LogP contribution in [0.2, 0.25) is 0 Å². The monoisotopic (exact) mass is 427 g/mol. The van der Waals surface area contributed by atoms with Gasteiger partial charge in [-0.1, -0.05) is 48.0 Å². The number of carbonyl (C=O) groups excluding carboxylic acids is 1. The van der Waals surface area contributed by atoms with E-state index in [1.807, 2.05) is 63.7 Å². The van der Waals surface area contributed by atoms with Gasteiger partial charge in [0, 0.05) is 43.5 Å². The molecule has 2 aromatic heterocycles. The molecule has 0 saturated heterocycles. The van der Waals surface area contributed by atoms with Crippen molar-refractivity contribution < 1.29 is 4.79 Å². The highest BCUT2D eigenvalue weighted by atomic mass is 16.2. The summed E-state index contributed by atoms with van der Waals surface area (Å²) in [7, 11) is 1.94.